The molecule has 0 aliphatic heterocycles. The lowest BCUT2D eigenvalue weighted by Gasteiger charge is -2.53. The topological polar surface area (TPSA) is 29.1 Å². The van der Waals surface area contributed by atoms with Gasteiger partial charge in [-0.15, -0.1) is 0 Å². The lowest BCUT2D eigenvalue weighted by Crippen LogP contribution is -2.49. The summed E-state index contributed by atoms with van der Waals surface area (Å²) in [5.74, 6) is 1.23. The first kappa shape index (κ1) is 13.2. The molecular weight excluding hydrogens is 272 g/mol. The number of amides is 1. The molecule has 0 atom stereocenters. The van der Waals surface area contributed by atoms with E-state index in [1.165, 1.54) is 18.6 Å². The van der Waals surface area contributed by atoms with Crippen LogP contribution >= 0.6 is 0 Å². The molecule has 4 aliphatic carbocycles. The van der Waals surface area contributed by atoms with Crippen LogP contribution in [0.15, 0.2) is 18.2 Å². The van der Waals surface area contributed by atoms with Gasteiger partial charge in [0.2, 0.25) is 5.91 Å². The third kappa shape index (κ3) is 2.34. The monoisotopic (exact) mass is 291 g/mol. The van der Waals surface area contributed by atoms with Crippen LogP contribution in [0.2, 0.25) is 0 Å². The summed E-state index contributed by atoms with van der Waals surface area (Å²) in [6.45, 7) is 0. The normalized spacial score (nSPS) is 36.8. The maximum atomic E-state index is 13.2. The van der Waals surface area contributed by atoms with Gasteiger partial charge in [-0.05, 0) is 67.9 Å². The van der Waals surface area contributed by atoms with Crippen molar-refractivity contribution in [2.45, 2.75) is 32.1 Å². The van der Waals surface area contributed by atoms with Crippen LogP contribution in [0, 0.1) is 41.2 Å². The standard InChI is InChI=1S/C17H19F2NO/c18-13-6-14(19)8-15(7-13)20-17(21)16-11-2-9-1-10(4-11)5-12(16)3-9/h6-12,16H,1-5H2,(H,20,21). The Morgan fingerprint density at radius 3 is 1.95 bits per heavy atom. The van der Waals surface area contributed by atoms with E-state index in [0.29, 0.717) is 11.8 Å². The van der Waals surface area contributed by atoms with Gasteiger partial charge in [0.1, 0.15) is 11.6 Å². The Morgan fingerprint density at radius 2 is 1.43 bits per heavy atom. The molecule has 2 nitrogen and oxygen atoms in total. The zero-order valence-electron chi connectivity index (χ0n) is 11.8. The third-order valence-corrected chi connectivity index (χ3v) is 5.66. The number of carbonyl (C=O) groups is 1. The lowest BCUT2D eigenvalue weighted by atomic mass is 9.51. The van der Waals surface area contributed by atoms with Crippen molar-refractivity contribution < 1.29 is 13.6 Å². The van der Waals surface area contributed by atoms with E-state index in [1.807, 2.05) is 0 Å². The van der Waals surface area contributed by atoms with Gasteiger partial charge < -0.3 is 5.32 Å². The van der Waals surface area contributed by atoms with E-state index >= 15 is 0 Å². The van der Waals surface area contributed by atoms with E-state index in [2.05, 4.69) is 5.32 Å². The molecule has 1 amide bonds. The Kier molecular flexibility index (Phi) is 3.02. The minimum absolute atomic E-state index is 0.0316. The zero-order chi connectivity index (χ0) is 14.6. The molecule has 4 saturated carbocycles. The fourth-order valence-electron chi connectivity index (χ4n) is 5.20. The molecule has 0 radical (unpaired) electrons. The average Bonchev–Trinajstić information content (AvgIpc) is 2.35. The number of hydrogen-bond acceptors (Lipinski definition) is 1. The summed E-state index contributed by atoms with van der Waals surface area (Å²) in [6, 6.07) is 3.17. The molecule has 112 valence electrons. The summed E-state index contributed by atoms with van der Waals surface area (Å²) >= 11 is 0. The fraction of sp³-hybridized carbons (Fsp3) is 0.588. The molecule has 4 fully saturated rings. The van der Waals surface area contributed by atoms with Crippen LogP contribution in [0.25, 0.3) is 0 Å². The van der Waals surface area contributed by atoms with Crippen LogP contribution in [-0.2, 0) is 4.79 Å². The highest BCUT2D eigenvalue weighted by atomic mass is 19.1. The molecule has 5 rings (SSSR count). The second-order valence-electron chi connectivity index (χ2n) is 7.10. The predicted octanol–water partition coefficient (Wildman–Crippen LogP) is 3.98. The molecule has 0 aromatic heterocycles. The molecule has 0 heterocycles. The zero-order valence-corrected chi connectivity index (χ0v) is 11.8. The van der Waals surface area contributed by atoms with Gasteiger partial charge in [0.25, 0.3) is 0 Å². The molecule has 0 saturated heterocycles. The second kappa shape index (κ2) is 4.79. The van der Waals surface area contributed by atoms with E-state index < -0.39 is 11.6 Å². The lowest BCUT2D eigenvalue weighted by molar-refractivity contribution is -0.132. The van der Waals surface area contributed by atoms with E-state index in [9.17, 15) is 13.6 Å². The summed E-state index contributed by atoms with van der Waals surface area (Å²) in [4.78, 5) is 12.6. The van der Waals surface area contributed by atoms with Crippen molar-refractivity contribution in [1.82, 2.24) is 0 Å². The minimum Gasteiger partial charge on any atom is -0.326 e. The molecule has 1 N–H and O–H groups in total. The summed E-state index contributed by atoms with van der Waals surface area (Å²) in [7, 11) is 0. The van der Waals surface area contributed by atoms with E-state index in [4.69, 9.17) is 0 Å². The number of anilines is 1. The van der Waals surface area contributed by atoms with Gasteiger partial charge in [0, 0.05) is 17.7 Å². The van der Waals surface area contributed by atoms with Crippen molar-refractivity contribution in [2.24, 2.45) is 29.6 Å². The van der Waals surface area contributed by atoms with Crippen LogP contribution in [0.5, 0.6) is 0 Å². The maximum absolute atomic E-state index is 13.2. The molecule has 21 heavy (non-hydrogen) atoms. The Morgan fingerprint density at radius 1 is 0.905 bits per heavy atom. The number of rotatable bonds is 2. The van der Waals surface area contributed by atoms with Gasteiger partial charge in [0.15, 0.2) is 0 Å². The molecular formula is C17H19F2NO. The van der Waals surface area contributed by atoms with E-state index in [-0.39, 0.29) is 17.5 Å². The van der Waals surface area contributed by atoms with Crippen molar-refractivity contribution in [1.29, 1.82) is 0 Å². The number of nitrogens with one attached hydrogen (secondary N) is 1. The van der Waals surface area contributed by atoms with Crippen molar-refractivity contribution in [3.05, 3.63) is 29.8 Å². The summed E-state index contributed by atoms with van der Waals surface area (Å²) in [5, 5.41) is 2.73. The van der Waals surface area contributed by atoms with Crippen LogP contribution in [0.1, 0.15) is 32.1 Å². The molecule has 4 bridgehead atoms. The third-order valence-electron chi connectivity index (χ3n) is 5.66. The van der Waals surface area contributed by atoms with Gasteiger partial charge in [-0.1, -0.05) is 0 Å². The molecule has 4 aliphatic rings. The number of halogens is 2. The second-order valence-corrected chi connectivity index (χ2v) is 7.10. The first-order valence-corrected chi connectivity index (χ1v) is 7.85. The molecule has 0 unspecified atom stereocenters. The highest BCUT2D eigenvalue weighted by Crippen LogP contribution is 2.56. The first-order valence-electron chi connectivity index (χ1n) is 7.85. The van der Waals surface area contributed by atoms with Crippen molar-refractivity contribution in [3.63, 3.8) is 0 Å². The van der Waals surface area contributed by atoms with Crippen LogP contribution in [-0.4, -0.2) is 5.91 Å². The molecule has 1 aromatic rings. The van der Waals surface area contributed by atoms with Gasteiger partial charge in [-0.3, -0.25) is 4.79 Å². The first-order chi connectivity index (χ1) is 10.1. The average molecular weight is 291 g/mol. The van der Waals surface area contributed by atoms with Crippen molar-refractivity contribution in [2.75, 3.05) is 5.32 Å². The van der Waals surface area contributed by atoms with E-state index in [1.54, 1.807) is 0 Å². The highest BCUT2D eigenvalue weighted by Gasteiger charge is 2.50. The number of hydrogen-bond donors (Lipinski definition) is 1. The van der Waals surface area contributed by atoms with Crippen LogP contribution < -0.4 is 5.32 Å². The maximum Gasteiger partial charge on any atom is 0.228 e. The van der Waals surface area contributed by atoms with Crippen molar-refractivity contribution >= 4 is 11.6 Å². The van der Waals surface area contributed by atoms with Gasteiger partial charge >= 0.3 is 0 Å². The van der Waals surface area contributed by atoms with Gasteiger partial charge in [0.05, 0.1) is 0 Å². The summed E-state index contributed by atoms with van der Waals surface area (Å²) < 4.78 is 26.4. The number of benzene rings is 1. The Bertz CT molecular complexity index is 538. The van der Waals surface area contributed by atoms with Gasteiger partial charge in [-0.2, -0.15) is 0 Å². The Hall–Kier alpha value is -1.45. The van der Waals surface area contributed by atoms with E-state index in [0.717, 1.165) is 43.6 Å². The van der Waals surface area contributed by atoms with Crippen molar-refractivity contribution in [3.8, 4) is 0 Å². The minimum atomic E-state index is -0.657. The highest BCUT2D eigenvalue weighted by molar-refractivity contribution is 5.93. The van der Waals surface area contributed by atoms with Crippen LogP contribution in [0.3, 0.4) is 0 Å². The largest absolute Gasteiger partial charge is 0.326 e. The Labute approximate surface area is 122 Å². The smallest absolute Gasteiger partial charge is 0.228 e. The molecule has 4 heteroatoms. The Balaban J connectivity index is 1.52. The number of carbonyl (C=O) groups excluding carboxylic acids is 1. The SMILES string of the molecule is O=C(Nc1cc(F)cc(F)c1)C1C2CC3CC(C2)CC1C3. The summed E-state index contributed by atoms with van der Waals surface area (Å²) in [5.41, 5.74) is 0.228. The molecule has 1 aromatic carbocycles. The molecule has 0 spiro atoms. The predicted molar refractivity (Wildman–Crippen MR) is 75.5 cm³/mol. The quantitative estimate of drug-likeness (QED) is 0.877. The van der Waals surface area contributed by atoms with Crippen LogP contribution in [0.4, 0.5) is 14.5 Å². The summed E-state index contributed by atoms with van der Waals surface area (Å²) in [6.07, 6.45) is 5.97. The fourth-order valence-corrected chi connectivity index (χ4v) is 5.20. The van der Waals surface area contributed by atoms with Gasteiger partial charge in [-0.25, -0.2) is 8.78 Å².